The van der Waals surface area contributed by atoms with E-state index < -0.39 is 18.0 Å². The minimum absolute atomic E-state index is 0.288. The molecule has 20 heavy (non-hydrogen) atoms. The third kappa shape index (κ3) is 2.59. The van der Waals surface area contributed by atoms with Gasteiger partial charge in [0, 0.05) is 5.70 Å². The Hall–Kier alpha value is -1.72. The van der Waals surface area contributed by atoms with Crippen LogP contribution in [-0.4, -0.2) is 19.1 Å². The Labute approximate surface area is 125 Å². The van der Waals surface area contributed by atoms with Crippen molar-refractivity contribution in [3.8, 4) is 0 Å². The fourth-order valence-corrected chi connectivity index (χ4v) is 2.47. The lowest BCUT2D eigenvalue weighted by molar-refractivity contribution is -0.136. The summed E-state index contributed by atoms with van der Waals surface area (Å²) < 4.78 is 4.75. The van der Waals surface area contributed by atoms with E-state index in [1.54, 1.807) is 25.1 Å². The van der Waals surface area contributed by atoms with E-state index in [1.165, 1.54) is 7.11 Å². The number of ether oxygens (including phenoxy) is 1. The van der Waals surface area contributed by atoms with Gasteiger partial charge in [-0.1, -0.05) is 35.3 Å². The highest BCUT2D eigenvalue weighted by molar-refractivity contribution is 6.42. The van der Waals surface area contributed by atoms with Crippen LogP contribution in [0.5, 0.6) is 0 Å². The molecule has 106 valence electrons. The van der Waals surface area contributed by atoms with Crippen molar-refractivity contribution in [3.63, 3.8) is 0 Å². The molecule has 5 nitrogen and oxygen atoms in total. The van der Waals surface area contributed by atoms with E-state index in [0.29, 0.717) is 16.3 Å². The summed E-state index contributed by atoms with van der Waals surface area (Å²) in [7, 11) is 1.27. The molecule has 0 saturated heterocycles. The van der Waals surface area contributed by atoms with Crippen molar-refractivity contribution in [2.24, 2.45) is 0 Å². The minimum Gasteiger partial charge on any atom is -0.466 e. The van der Waals surface area contributed by atoms with Crippen molar-refractivity contribution in [2.75, 3.05) is 7.11 Å². The number of benzene rings is 1. The molecule has 0 spiro atoms. The van der Waals surface area contributed by atoms with Crippen molar-refractivity contribution in [2.45, 2.75) is 13.0 Å². The molecule has 0 bridgehead atoms. The maximum absolute atomic E-state index is 11.9. The minimum atomic E-state index is -0.706. The summed E-state index contributed by atoms with van der Waals surface area (Å²) in [6.45, 7) is 1.62. The quantitative estimate of drug-likeness (QED) is 0.825. The third-order valence-electron chi connectivity index (χ3n) is 2.97. The second-order valence-electron chi connectivity index (χ2n) is 4.20. The topological polar surface area (TPSA) is 67.4 Å². The molecule has 1 aromatic rings. The van der Waals surface area contributed by atoms with E-state index in [2.05, 4.69) is 10.6 Å². The van der Waals surface area contributed by atoms with E-state index in [1.807, 2.05) is 0 Å². The Kier molecular flexibility index (Phi) is 4.20. The largest absolute Gasteiger partial charge is 0.466 e. The van der Waals surface area contributed by atoms with Crippen LogP contribution in [0.1, 0.15) is 18.5 Å². The molecule has 1 atom stereocenters. The monoisotopic (exact) mass is 314 g/mol. The van der Waals surface area contributed by atoms with Crippen LogP contribution in [0.4, 0.5) is 4.79 Å². The van der Waals surface area contributed by atoms with Crippen LogP contribution in [0.2, 0.25) is 10.0 Å². The molecule has 0 aliphatic carbocycles. The van der Waals surface area contributed by atoms with Gasteiger partial charge in [-0.25, -0.2) is 9.59 Å². The van der Waals surface area contributed by atoms with Gasteiger partial charge in [-0.2, -0.15) is 0 Å². The number of carbonyl (C=O) groups excluding carboxylic acids is 2. The van der Waals surface area contributed by atoms with Crippen molar-refractivity contribution >= 4 is 35.2 Å². The van der Waals surface area contributed by atoms with Crippen molar-refractivity contribution < 1.29 is 14.3 Å². The fraction of sp³-hybridized carbons (Fsp3) is 0.231. The highest BCUT2D eigenvalue weighted by atomic mass is 35.5. The molecule has 1 unspecified atom stereocenters. The Morgan fingerprint density at radius 3 is 2.70 bits per heavy atom. The second-order valence-corrected chi connectivity index (χ2v) is 4.99. The number of allylic oxidation sites excluding steroid dienone is 1. The second kappa shape index (κ2) is 5.73. The molecule has 0 saturated carbocycles. The van der Waals surface area contributed by atoms with Crippen LogP contribution in [0.25, 0.3) is 0 Å². The van der Waals surface area contributed by atoms with Crippen LogP contribution >= 0.6 is 23.2 Å². The van der Waals surface area contributed by atoms with Crippen LogP contribution < -0.4 is 10.6 Å². The SMILES string of the molecule is COC(=O)C1=C(C)NC(=O)NC1c1cccc(Cl)c1Cl. The third-order valence-corrected chi connectivity index (χ3v) is 3.80. The van der Waals surface area contributed by atoms with Gasteiger partial charge in [0.25, 0.3) is 0 Å². The van der Waals surface area contributed by atoms with E-state index >= 15 is 0 Å². The lowest BCUT2D eigenvalue weighted by Gasteiger charge is -2.28. The molecule has 2 N–H and O–H groups in total. The summed E-state index contributed by atoms with van der Waals surface area (Å²) in [5.74, 6) is -0.545. The van der Waals surface area contributed by atoms with E-state index in [-0.39, 0.29) is 10.6 Å². The predicted molar refractivity (Wildman–Crippen MR) is 75.6 cm³/mol. The summed E-state index contributed by atoms with van der Waals surface area (Å²) in [6, 6.07) is 3.89. The van der Waals surface area contributed by atoms with Gasteiger partial charge in [-0.3, -0.25) is 0 Å². The zero-order valence-corrected chi connectivity index (χ0v) is 12.3. The van der Waals surface area contributed by atoms with E-state index in [9.17, 15) is 9.59 Å². The standard InChI is InChI=1S/C13H12Cl2N2O3/c1-6-9(12(18)20-2)11(17-13(19)16-6)7-4-3-5-8(14)10(7)15/h3-5,11H,1-2H3,(H2,16,17,19). The number of rotatable bonds is 2. The number of hydrogen-bond donors (Lipinski definition) is 2. The Morgan fingerprint density at radius 1 is 1.35 bits per heavy atom. The molecule has 0 aromatic heterocycles. The first-order valence-corrected chi connectivity index (χ1v) is 6.51. The molecule has 1 aromatic carbocycles. The van der Waals surface area contributed by atoms with E-state index in [4.69, 9.17) is 27.9 Å². The summed E-state index contributed by atoms with van der Waals surface area (Å²) in [5.41, 5.74) is 1.24. The highest BCUT2D eigenvalue weighted by Gasteiger charge is 2.33. The van der Waals surface area contributed by atoms with Gasteiger partial charge >= 0.3 is 12.0 Å². The molecule has 1 aliphatic rings. The number of halogens is 2. The number of methoxy groups -OCH3 is 1. The zero-order chi connectivity index (χ0) is 14.9. The average Bonchev–Trinajstić information content (AvgIpc) is 2.40. The zero-order valence-electron chi connectivity index (χ0n) is 10.8. The first-order valence-electron chi connectivity index (χ1n) is 5.76. The summed E-state index contributed by atoms with van der Waals surface area (Å²) in [5, 5.41) is 5.81. The summed E-state index contributed by atoms with van der Waals surface area (Å²) in [4.78, 5) is 23.5. The van der Waals surface area contributed by atoms with Gasteiger partial charge in [-0.05, 0) is 18.6 Å². The summed E-state index contributed by atoms with van der Waals surface area (Å²) in [6.07, 6.45) is 0. The van der Waals surface area contributed by atoms with Crippen LogP contribution in [0, 0.1) is 0 Å². The number of urea groups is 1. The Morgan fingerprint density at radius 2 is 2.05 bits per heavy atom. The number of amides is 2. The molecule has 1 heterocycles. The first kappa shape index (κ1) is 14.7. The van der Waals surface area contributed by atoms with E-state index in [0.717, 1.165) is 0 Å². The van der Waals surface area contributed by atoms with Crippen LogP contribution in [-0.2, 0) is 9.53 Å². The number of hydrogen-bond acceptors (Lipinski definition) is 3. The predicted octanol–water partition coefficient (Wildman–Crippen LogP) is 2.79. The van der Waals surface area contributed by atoms with Gasteiger partial charge in [0.2, 0.25) is 0 Å². The van der Waals surface area contributed by atoms with Crippen molar-refractivity contribution in [3.05, 3.63) is 45.1 Å². The molecular formula is C13H12Cl2N2O3. The lowest BCUT2D eigenvalue weighted by atomic mass is 9.95. The van der Waals surface area contributed by atoms with Gasteiger partial charge < -0.3 is 15.4 Å². The van der Waals surface area contributed by atoms with Crippen LogP contribution in [0.3, 0.4) is 0 Å². The number of carbonyl (C=O) groups is 2. The van der Waals surface area contributed by atoms with Crippen molar-refractivity contribution in [1.82, 2.24) is 10.6 Å². The average molecular weight is 315 g/mol. The van der Waals surface area contributed by atoms with Gasteiger partial charge in [0.1, 0.15) is 0 Å². The Balaban J connectivity index is 2.57. The molecule has 7 heteroatoms. The summed E-state index contributed by atoms with van der Waals surface area (Å²) >= 11 is 12.1. The lowest BCUT2D eigenvalue weighted by Crippen LogP contribution is -2.45. The first-order chi connectivity index (χ1) is 9.45. The van der Waals surface area contributed by atoms with Crippen molar-refractivity contribution in [1.29, 1.82) is 0 Å². The molecule has 0 fully saturated rings. The smallest absolute Gasteiger partial charge is 0.337 e. The molecule has 2 amide bonds. The molecule has 2 rings (SSSR count). The highest BCUT2D eigenvalue weighted by Crippen LogP contribution is 2.35. The molecular weight excluding hydrogens is 303 g/mol. The normalized spacial score (nSPS) is 18.4. The maximum Gasteiger partial charge on any atom is 0.337 e. The van der Waals surface area contributed by atoms with Gasteiger partial charge in [0.15, 0.2) is 0 Å². The maximum atomic E-state index is 11.9. The molecule has 0 radical (unpaired) electrons. The fourth-order valence-electron chi connectivity index (χ4n) is 2.05. The Bertz CT molecular complexity index is 614. The number of esters is 1. The van der Waals surface area contributed by atoms with Gasteiger partial charge in [-0.15, -0.1) is 0 Å². The number of nitrogens with one attached hydrogen (secondary N) is 2. The van der Waals surface area contributed by atoms with Gasteiger partial charge in [0.05, 0.1) is 28.8 Å². The van der Waals surface area contributed by atoms with Crippen LogP contribution in [0.15, 0.2) is 29.5 Å². The molecule has 1 aliphatic heterocycles.